The summed E-state index contributed by atoms with van der Waals surface area (Å²) in [4.78, 5) is 24.1. The number of nitrogens with zero attached hydrogens (tertiary/aromatic N) is 2. The fourth-order valence-corrected chi connectivity index (χ4v) is 2.84. The minimum atomic E-state index is -0.703. The lowest BCUT2D eigenvalue weighted by Crippen LogP contribution is -2.14. The molecule has 0 radical (unpaired) electrons. The highest BCUT2D eigenvalue weighted by Crippen LogP contribution is 2.34. The number of halogens is 2. The van der Waals surface area contributed by atoms with Crippen LogP contribution in [0.3, 0.4) is 0 Å². The van der Waals surface area contributed by atoms with Gasteiger partial charge in [-0.2, -0.15) is 0 Å². The number of nitrogens with one attached hydrogen (secondary N) is 1. The Morgan fingerprint density at radius 1 is 1.31 bits per heavy atom. The van der Waals surface area contributed by atoms with Crippen LogP contribution in [0.1, 0.15) is 29.9 Å². The molecule has 26 heavy (non-hydrogen) atoms. The van der Waals surface area contributed by atoms with Gasteiger partial charge in [-0.05, 0) is 38.5 Å². The summed E-state index contributed by atoms with van der Waals surface area (Å²) in [5, 5.41) is 0.672. The van der Waals surface area contributed by atoms with Gasteiger partial charge in [0.15, 0.2) is 23.1 Å². The smallest absolute Gasteiger partial charge is 0.358 e. The molecular formula is C18H17ClFN3O3. The van der Waals surface area contributed by atoms with Crippen LogP contribution in [-0.4, -0.2) is 34.1 Å². The third kappa shape index (κ3) is 3.10. The Morgan fingerprint density at radius 2 is 2.04 bits per heavy atom. The quantitative estimate of drug-likeness (QED) is 0.686. The van der Waals surface area contributed by atoms with E-state index in [1.807, 2.05) is 6.92 Å². The van der Waals surface area contributed by atoms with Crippen LogP contribution in [0.5, 0.6) is 5.75 Å². The SMILES string of the molecule is COc1c(Cl)ccc(-c2nc(C(=O)OC(C)C)c3c(C)c[nH]c3n2)c1F. The van der Waals surface area contributed by atoms with E-state index in [4.69, 9.17) is 21.1 Å². The van der Waals surface area contributed by atoms with Gasteiger partial charge >= 0.3 is 5.97 Å². The summed E-state index contributed by atoms with van der Waals surface area (Å²) in [6.07, 6.45) is 1.39. The first-order valence-electron chi connectivity index (χ1n) is 7.92. The van der Waals surface area contributed by atoms with Crippen LogP contribution in [0.25, 0.3) is 22.4 Å². The van der Waals surface area contributed by atoms with Gasteiger partial charge in [0.1, 0.15) is 5.65 Å². The van der Waals surface area contributed by atoms with Gasteiger partial charge in [0.2, 0.25) is 0 Å². The van der Waals surface area contributed by atoms with Crippen molar-refractivity contribution < 1.29 is 18.7 Å². The van der Waals surface area contributed by atoms with E-state index in [9.17, 15) is 9.18 Å². The van der Waals surface area contributed by atoms with Crippen molar-refractivity contribution in [1.29, 1.82) is 0 Å². The van der Waals surface area contributed by atoms with E-state index in [-0.39, 0.29) is 34.0 Å². The molecule has 0 aliphatic heterocycles. The lowest BCUT2D eigenvalue weighted by atomic mass is 10.1. The number of benzene rings is 1. The second-order valence-corrected chi connectivity index (χ2v) is 6.39. The molecule has 0 unspecified atom stereocenters. The molecule has 0 fully saturated rings. The largest absolute Gasteiger partial charge is 0.492 e. The van der Waals surface area contributed by atoms with Crippen molar-refractivity contribution in [2.45, 2.75) is 26.9 Å². The molecule has 6 nitrogen and oxygen atoms in total. The summed E-state index contributed by atoms with van der Waals surface area (Å²) in [6, 6.07) is 2.92. The summed E-state index contributed by atoms with van der Waals surface area (Å²) in [6.45, 7) is 5.30. The standard InChI is InChI=1S/C18H17ClFN3O3/c1-8(2)26-18(24)14-12-9(3)7-21-17(12)23-16(22-14)10-5-6-11(19)15(25-4)13(10)20/h5-8H,1-4H3,(H,21,22,23). The van der Waals surface area contributed by atoms with Gasteiger partial charge in [0.25, 0.3) is 0 Å². The van der Waals surface area contributed by atoms with Crippen molar-refractivity contribution in [2.24, 2.45) is 0 Å². The van der Waals surface area contributed by atoms with E-state index in [0.29, 0.717) is 11.0 Å². The molecule has 1 N–H and O–H groups in total. The van der Waals surface area contributed by atoms with E-state index < -0.39 is 11.8 Å². The van der Waals surface area contributed by atoms with Gasteiger partial charge in [-0.3, -0.25) is 0 Å². The highest BCUT2D eigenvalue weighted by atomic mass is 35.5. The molecule has 0 amide bonds. The average Bonchev–Trinajstić information content (AvgIpc) is 2.95. The van der Waals surface area contributed by atoms with Crippen LogP contribution in [0.2, 0.25) is 5.02 Å². The predicted octanol–water partition coefficient (Wildman–Crippen LogP) is 4.30. The van der Waals surface area contributed by atoms with E-state index in [1.54, 1.807) is 20.0 Å². The molecule has 0 aliphatic carbocycles. The summed E-state index contributed by atoms with van der Waals surface area (Å²) in [7, 11) is 1.32. The van der Waals surface area contributed by atoms with Crippen LogP contribution in [0.4, 0.5) is 4.39 Å². The maximum Gasteiger partial charge on any atom is 0.358 e. The fourth-order valence-electron chi connectivity index (χ4n) is 2.62. The van der Waals surface area contributed by atoms with E-state index in [2.05, 4.69) is 15.0 Å². The summed E-state index contributed by atoms with van der Waals surface area (Å²) < 4.78 is 25.0. The van der Waals surface area contributed by atoms with Crippen LogP contribution in [0.15, 0.2) is 18.3 Å². The number of rotatable bonds is 4. The van der Waals surface area contributed by atoms with E-state index in [0.717, 1.165) is 5.56 Å². The lowest BCUT2D eigenvalue weighted by molar-refractivity contribution is 0.0373. The molecule has 1 aromatic carbocycles. The Morgan fingerprint density at radius 3 is 2.69 bits per heavy atom. The normalized spacial score (nSPS) is 11.2. The molecule has 0 bridgehead atoms. The Balaban J connectivity index is 2.24. The zero-order chi connectivity index (χ0) is 19.0. The van der Waals surface area contributed by atoms with Crippen molar-refractivity contribution in [1.82, 2.24) is 15.0 Å². The number of methoxy groups -OCH3 is 1. The van der Waals surface area contributed by atoms with E-state index in [1.165, 1.54) is 19.2 Å². The second-order valence-electron chi connectivity index (χ2n) is 5.99. The number of H-pyrrole nitrogens is 1. The molecule has 0 aliphatic rings. The molecular weight excluding hydrogens is 361 g/mol. The fraction of sp³-hybridized carbons (Fsp3) is 0.278. The first-order chi connectivity index (χ1) is 12.3. The van der Waals surface area contributed by atoms with Crippen molar-refractivity contribution in [3.05, 3.63) is 40.4 Å². The number of carbonyl (C=O) groups is 1. The van der Waals surface area contributed by atoms with Gasteiger partial charge in [-0.25, -0.2) is 19.2 Å². The molecule has 0 atom stereocenters. The highest BCUT2D eigenvalue weighted by molar-refractivity contribution is 6.32. The van der Waals surface area contributed by atoms with Crippen molar-refractivity contribution in [3.8, 4) is 17.1 Å². The van der Waals surface area contributed by atoms with E-state index >= 15 is 0 Å². The topological polar surface area (TPSA) is 77.1 Å². The van der Waals surface area contributed by atoms with Gasteiger partial charge in [0.05, 0.1) is 29.2 Å². The molecule has 0 spiro atoms. The van der Waals surface area contributed by atoms with Gasteiger partial charge in [0, 0.05) is 6.20 Å². The molecule has 136 valence electrons. The number of aromatic amines is 1. The highest BCUT2D eigenvalue weighted by Gasteiger charge is 2.23. The third-order valence-electron chi connectivity index (χ3n) is 3.76. The number of hydrogen-bond donors (Lipinski definition) is 1. The van der Waals surface area contributed by atoms with Crippen molar-refractivity contribution in [3.63, 3.8) is 0 Å². The van der Waals surface area contributed by atoms with Crippen LogP contribution >= 0.6 is 11.6 Å². The van der Waals surface area contributed by atoms with Crippen LogP contribution < -0.4 is 4.74 Å². The number of hydrogen-bond acceptors (Lipinski definition) is 5. The number of aromatic nitrogens is 3. The monoisotopic (exact) mass is 377 g/mol. The van der Waals surface area contributed by atoms with Crippen molar-refractivity contribution in [2.75, 3.05) is 7.11 Å². The molecule has 3 rings (SSSR count). The molecule has 3 aromatic rings. The Labute approximate surface area is 154 Å². The van der Waals surface area contributed by atoms with Crippen molar-refractivity contribution >= 4 is 28.6 Å². The molecule has 2 heterocycles. The molecule has 0 saturated heterocycles. The predicted molar refractivity (Wildman–Crippen MR) is 96.1 cm³/mol. The summed E-state index contributed by atoms with van der Waals surface area (Å²) in [5.74, 6) is -1.38. The minimum Gasteiger partial charge on any atom is -0.492 e. The third-order valence-corrected chi connectivity index (χ3v) is 4.06. The maximum atomic E-state index is 14.8. The molecule has 0 saturated carbocycles. The van der Waals surface area contributed by atoms with Gasteiger partial charge in [-0.15, -0.1) is 0 Å². The van der Waals surface area contributed by atoms with Gasteiger partial charge < -0.3 is 14.5 Å². The first-order valence-corrected chi connectivity index (χ1v) is 8.30. The van der Waals surface area contributed by atoms with Crippen LogP contribution in [-0.2, 0) is 4.74 Å². The van der Waals surface area contributed by atoms with Gasteiger partial charge in [-0.1, -0.05) is 11.6 Å². The minimum absolute atomic E-state index is 0.0301. The number of ether oxygens (including phenoxy) is 2. The Kier molecular flexibility index (Phi) is 4.82. The number of carbonyl (C=O) groups excluding carboxylic acids is 1. The second kappa shape index (κ2) is 6.92. The van der Waals surface area contributed by atoms with Crippen LogP contribution in [0, 0.1) is 12.7 Å². The maximum absolute atomic E-state index is 14.8. The first kappa shape index (κ1) is 18.1. The summed E-state index contributed by atoms with van der Waals surface area (Å²) >= 11 is 5.94. The average molecular weight is 378 g/mol. The number of esters is 1. The summed E-state index contributed by atoms with van der Waals surface area (Å²) in [5.41, 5.74) is 1.35. The lowest BCUT2D eigenvalue weighted by Gasteiger charge is -2.11. The number of fused-ring (bicyclic) bond motifs is 1. The Bertz CT molecular complexity index is 1000. The number of aryl methyl sites for hydroxylation is 1. The molecule has 2 aromatic heterocycles. The molecule has 8 heteroatoms. The Hall–Kier alpha value is -2.67. The zero-order valence-electron chi connectivity index (χ0n) is 14.7. The zero-order valence-corrected chi connectivity index (χ0v) is 15.4.